The highest BCUT2D eigenvalue weighted by Crippen LogP contribution is 2.29. The Bertz CT molecular complexity index is 1150. The van der Waals surface area contributed by atoms with Gasteiger partial charge in [0.1, 0.15) is 22.5 Å². The van der Waals surface area contributed by atoms with Crippen LogP contribution in [0.1, 0.15) is 23.1 Å². The highest BCUT2D eigenvalue weighted by molar-refractivity contribution is 7.15. The molecule has 0 radical (unpaired) electrons. The second-order valence-corrected chi connectivity index (χ2v) is 7.68. The van der Waals surface area contributed by atoms with Gasteiger partial charge in [-0.05, 0) is 47.9 Å². The van der Waals surface area contributed by atoms with Gasteiger partial charge in [-0.2, -0.15) is 5.26 Å². The minimum atomic E-state index is -0.565. The first-order chi connectivity index (χ1) is 15.5. The van der Waals surface area contributed by atoms with Gasteiger partial charge >= 0.3 is 0 Å². The predicted molar refractivity (Wildman–Crippen MR) is 120 cm³/mol. The fourth-order valence-corrected chi connectivity index (χ4v) is 3.42. The van der Waals surface area contributed by atoms with Gasteiger partial charge in [-0.25, -0.2) is 4.39 Å². The average Bonchev–Trinajstić information content (AvgIpc) is 3.26. The molecule has 1 N–H and O–H groups in total. The van der Waals surface area contributed by atoms with Crippen LogP contribution in [0.5, 0.6) is 11.5 Å². The zero-order valence-corrected chi connectivity index (χ0v) is 18.4. The van der Waals surface area contributed by atoms with E-state index in [1.807, 2.05) is 13.0 Å². The van der Waals surface area contributed by atoms with Crippen molar-refractivity contribution in [3.8, 4) is 17.6 Å². The number of anilines is 1. The third-order valence-corrected chi connectivity index (χ3v) is 5.40. The molecule has 7 nitrogen and oxygen atoms in total. The largest absolute Gasteiger partial charge is 0.493 e. The standard InChI is InChI=1S/C23H21FN4O3S/c1-3-21-27-28-23(32-21)26-22(29)17(14-25)12-16-6-9-19(20(13-16)30-2)31-11-10-15-4-7-18(24)8-5-15/h4-9,12-13H,3,10-11H2,1-2H3,(H,26,28,29). The Balaban J connectivity index is 1.67. The van der Waals surface area contributed by atoms with Gasteiger partial charge in [-0.15, -0.1) is 10.2 Å². The summed E-state index contributed by atoms with van der Waals surface area (Å²) in [6.07, 6.45) is 2.78. The molecule has 0 fully saturated rings. The van der Waals surface area contributed by atoms with Crippen molar-refractivity contribution in [2.75, 3.05) is 19.0 Å². The molecule has 0 aliphatic rings. The lowest BCUT2D eigenvalue weighted by Gasteiger charge is -2.11. The Labute approximate surface area is 189 Å². The second-order valence-electron chi connectivity index (χ2n) is 6.61. The Morgan fingerprint density at radius 1 is 1.22 bits per heavy atom. The fourth-order valence-electron chi connectivity index (χ4n) is 2.75. The number of benzene rings is 2. The van der Waals surface area contributed by atoms with E-state index in [1.165, 1.54) is 36.7 Å². The minimum absolute atomic E-state index is 0.0784. The molecule has 0 unspecified atom stereocenters. The molecule has 0 saturated heterocycles. The monoisotopic (exact) mass is 452 g/mol. The van der Waals surface area contributed by atoms with Crippen molar-refractivity contribution in [3.63, 3.8) is 0 Å². The number of nitrogens with zero attached hydrogens (tertiary/aromatic N) is 3. The van der Waals surface area contributed by atoms with Gasteiger partial charge in [0.25, 0.3) is 5.91 Å². The van der Waals surface area contributed by atoms with Gasteiger partial charge in [-0.3, -0.25) is 10.1 Å². The summed E-state index contributed by atoms with van der Waals surface area (Å²) >= 11 is 1.26. The third-order valence-electron chi connectivity index (χ3n) is 4.42. The third kappa shape index (κ3) is 6.12. The summed E-state index contributed by atoms with van der Waals surface area (Å²) in [5, 5.41) is 21.0. The van der Waals surface area contributed by atoms with E-state index >= 15 is 0 Å². The highest BCUT2D eigenvalue weighted by Gasteiger charge is 2.13. The summed E-state index contributed by atoms with van der Waals surface area (Å²) in [6, 6.07) is 13.3. The molecule has 32 heavy (non-hydrogen) atoms. The lowest BCUT2D eigenvalue weighted by molar-refractivity contribution is -0.112. The molecule has 1 aromatic heterocycles. The minimum Gasteiger partial charge on any atom is -0.493 e. The number of hydrogen-bond acceptors (Lipinski definition) is 7. The van der Waals surface area contributed by atoms with E-state index in [2.05, 4.69) is 15.5 Å². The van der Waals surface area contributed by atoms with E-state index in [1.54, 1.807) is 30.3 Å². The molecule has 0 spiro atoms. The molecular weight excluding hydrogens is 431 g/mol. The number of aromatic nitrogens is 2. The number of halogens is 1. The number of ether oxygens (including phenoxy) is 2. The van der Waals surface area contributed by atoms with Crippen molar-refractivity contribution in [1.82, 2.24) is 10.2 Å². The Morgan fingerprint density at radius 3 is 2.66 bits per heavy atom. The van der Waals surface area contributed by atoms with Crippen LogP contribution < -0.4 is 14.8 Å². The lowest BCUT2D eigenvalue weighted by atomic mass is 10.1. The normalized spacial score (nSPS) is 11.0. The van der Waals surface area contributed by atoms with E-state index in [0.717, 1.165) is 10.6 Å². The van der Waals surface area contributed by atoms with Crippen LogP contribution in [0, 0.1) is 17.1 Å². The van der Waals surface area contributed by atoms with Crippen molar-refractivity contribution >= 4 is 28.5 Å². The molecule has 0 saturated carbocycles. The topological polar surface area (TPSA) is 97.1 Å². The van der Waals surface area contributed by atoms with Crippen molar-refractivity contribution in [1.29, 1.82) is 5.26 Å². The maximum Gasteiger partial charge on any atom is 0.268 e. The molecule has 2 aromatic carbocycles. The second kappa shape index (κ2) is 11.0. The number of nitrogens with one attached hydrogen (secondary N) is 1. The van der Waals surface area contributed by atoms with Gasteiger partial charge in [0.15, 0.2) is 11.5 Å². The van der Waals surface area contributed by atoms with E-state index in [0.29, 0.717) is 41.6 Å². The molecule has 3 aromatic rings. The maximum atomic E-state index is 13.0. The van der Waals surface area contributed by atoms with Crippen LogP contribution >= 0.6 is 11.3 Å². The Kier molecular flexibility index (Phi) is 7.89. The van der Waals surface area contributed by atoms with Crippen LogP contribution in [-0.4, -0.2) is 29.8 Å². The Morgan fingerprint density at radius 2 is 2.00 bits per heavy atom. The molecule has 1 amide bonds. The molecule has 0 aliphatic carbocycles. The SMILES string of the molecule is CCc1nnc(NC(=O)C(C#N)=Cc2ccc(OCCc3ccc(F)cc3)c(OC)c2)s1. The summed E-state index contributed by atoms with van der Waals surface area (Å²) in [4.78, 5) is 12.4. The van der Waals surface area contributed by atoms with E-state index in [9.17, 15) is 14.4 Å². The molecule has 3 rings (SSSR count). The van der Waals surface area contributed by atoms with Crippen LogP contribution in [0.2, 0.25) is 0 Å². The molecule has 0 aliphatic heterocycles. The lowest BCUT2D eigenvalue weighted by Crippen LogP contribution is -2.13. The predicted octanol–water partition coefficient (Wildman–Crippen LogP) is 4.42. The summed E-state index contributed by atoms with van der Waals surface area (Å²) in [5.41, 5.74) is 1.48. The van der Waals surface area contributed by atoms with Crippen LogP contribution in [0.25, 0.3) is 6.08 Å². The zero-order valence-electron chi connectivity index (χ0n) is 17.6. The van der Waals surface area contributed by atoms with E-state index in [-0.39, 0.29) is 11.4 Å². The number of carbonyl (C=O) groups excluding carboxylic acids is 1. The molecule has 0 atom stereocenters. The van der Waals surface area contributed by atoms with Gasteiger partial charge in [-0.1, -0.05) is 36.5 Å². The number of rotatable bonds is 9. The van der Waals surface area contributed by atoms with Crippen molar-refractivity contribution in [2.24, 2.45) is 0 Å². The van der Waals surface area contributed by atoms with Crippen LogP contribution in [0.15, 0.2) is 48.0 Å². The number of nitriles is 1. The number of amides is 1. The summed E-state index contributed by atoms with van der Waals surface area (Å²) in [6.45, 7) is 2.32. The van der Waals surface area contributed by atoms with Gasteiger partial charge in [0, 0.05) is 6.42 Å². The number of hydrogen-bond donors (Lipinski definition) is 1. The maximum absolute atomic E-state index is 13.0. The average molecular weight is 453 g/mol. The van der Waals surface area contributed by atoms with Gasteiger partial charge < -0.3 is 9.47 Å². The fraction of sp³-hybridized carbons (Fsp3) is 0.217. The smallest absolute Gasteiger partial charge is 0.268 e. The van der Waals surface area contributed by atoms with E-state index < -0.39 is 5.91 Å². The highest BCUT2D eigenvalue weighted by atomic mass is 32.1. The number of carbonyl (C=O) groups is 1. The zero-order chi connectivity index (χ0) is 22.9. The van der Waals surface area contributed by atoms with Gasteiger partial charge in [0.05, 0.1) is 13.7 Å². The molecule has 164 valence electrons. The Hall–Kier alpha value is -3.77. The van der Waals surface area contributed by atoms with Crippen LogP contribution in [-0.2, 0) is 17.6 Å². The first kappa shape index (κ1) is 22.9. The van der Waals surface area contributed by atoms with E-state index in [4.69, 9.17) is 9.47 Å². The summed E-state index contributed by atoms with van der Waals surface area (Å²) in [5.74, 6) is 0.146. The molecule has 1 heterocycles. The molecule has 9 heteroatoms. The number of aryl methyl sites for hydroxylation is 1. The van der Waals surface area contributed by atoms with Crippen molar-refractivity contribution < 1.29 is 18.7 Å². The van der Waals surface area contributed by atoms with Gasteiger partial charge in [0.2, 0.25) is 5.13 Å². The quantitative estimate of drug-likeness (QED) is 0.381. The van der Waals surface area contributed by atoms with Crippen molar-refractivity contribution in [3.05, 3.63) is 70.0 Å². The molecule has 0 bridgehead atoms. The molecular formula is C23H21FN4O3S. The summed E-state index contributed by atoms with van der Waals surface area (Å²) in [7, 11) is 1.51. The number of methoxy groups -OCH3 is 1. The first-order valence-electron chi connectivity index (χ1n) is 9.83. The summed E-state index contributed by atoms with van der Waals surface area (Å²) < 4.78 is 24.2. The van der Waals surface area contributed by atoms with Crippen LogP contribution in [0.3, 0.4) is 0 Å². The first-order valence-corrected chi connectivity index (χ1v) is 10.6. The van der Waals surface area contributed by atoms with Crippen molar-refractivity contribution in [2.45, 2.75) is 19.8 Å². The van der Waals surface area contributed by atoms with Crippen LogP contribution in [0.4, 0.5) is 9.52 Å².